The number of fused-ring (bicyclic) bond motifs is 2. The summed E-state index contributed by atoms with van der Waals surface area (Å²) >= 11 is 0. The molecule has 0 atom stereocenters. The monoisotopic (exact) mass is 674 g/mol. The summed E-state index contributed by atoms with van der Waals surface area (Å²) in [4.78, 5) is 61.3. The second kappa shape index (κ2) is 15.4. The molecule has 0 aliphatic carbocycles. The van der Waals surface area contributed by atoms with E-state index in [1.165, 1.54) is 32.0 Å². The molecule has 0 bridgehead atoms. The molecule has 11 heteroatoms. The molecule has 0 fully saturated rings. The first-order chi connectivity index (χ1) is 24.0. The molecule has 5 aromatic rings. The third kappa shape index (κ3) is 8.58. The standard InChI is InChI=1S/C39H30O11/c1-5-36(41)47-21-45-31-12-10-25-16-29(8-6-27(25)18-31)38(43)49-33-14-15-35(34(20-33)24(4)40)50-39(44)30-9-7-28-19-32(13-11-26(28)17-30)46-22-48-37(42)23(2)3/h5-20H,1-2,21-22H2,3-4H3. The van der Waals surface area contributed by atoms with Crippen LogP contribution in [0.3, 0.4) is 0 Å². The summed E-state index contributed by atoms with van der Waals surface area (Å²) in [7, 11) is 0. The van der Waals surface area contributed by atoms with Crippen molar-refractivity contribution in [1.29, 1.82) is 0 Å². The zero-order valence-corrected chi connectivity index (χ0v) is 27.1. The van der Waals surface area contributed by atoms with E-state index in [4.69, 9.17) is 28.4 Å². The number of benzene rings is 5. The quantitative estimate of drug-likeness (QED) is 0.0413. The van der Waals surface area contributed by atoms with Gasteiger partial charge in [-0.3, -0.25) is 4.79 Å². The van der Waals surface area contributed by atoms with Gasteiger partial charge in [0.25, 0.3) is 0 Å². The second-order valence-electron chi connectivity index (χ2n) is 10.8. The highest BCUT2D eigenvalue weighted by molar-refractivity contribution is 6.01. The third-order valence-corrected chi connectivity index (χ3v) is 7.20. The Morgan fingerprint density at radius 2 is 1.10 bits per heavy atom. The summed E-state index contributed by atoms with van der Waals surface area (Å²) in [6, 6.07) is 24.2. The van der Waals surface area contributed by atoms with E-state index in [1.807, 2.05) is 0 Å². The molecule has 11 nitrogen and oxygen atoms in total. The first-order valence-electron chi connectivity index (χ1n) is 15.0. The lowest BCUT2D eigenvalue weighted by Gasteiger charge is -2.12. The fraction of sp³-hybridized carbons (Fsp3) is 0.103. The molecular formula is C39H30O11. The maximum Gasteiger partial charge on any atom is 0.343 e. The van der Waals surface area contributed by atoms with Gasteiger partial charge in [0.1, 0.15) is 23.0 Å². The summed E-state index contributed by atoms with van der Waals surface area (Å²) in [6.45, 7) is 9.12. The van der Waals surface area contributed by atoms with Crippen LogP contribution in [0.2, 0.25) is 0 Å². The Kier molecular flexibility index (Phi) is 10.7. The molecule has 5 aromatic carbocycles. The first-order valence-corrected chi connectivity index (χ1v) is 15.0. The summed E-state index contributed by atoms with van der Waals surface area (Å²) < 4.78 is 31.8. The van der Waals surface area contributed by atoms with E-state index in [9.17, 15) is 24.0 Å². The van der Waals surface area contributed by atoms with Crippen LogP contribution in [0.25, 0.3) is 21.5 Å². The Labute approximate surface area is 286 Å². The largest absolute Gasteiger partial charge is 0.457 e. The van der Waals surface area contributed by atoms with Gasteiger partial charge in [0.05, 0.1) is 16.7 Å². The lowest BCUT2D eigenvalue weighted by Crippen LogP contribution is -2.12. The van der Waals surface area contributed by atoms with Gasteiger partial charge in [0, 0.05) is 11.6 Å². The van der Waals surface area contributed by atoms with E-state index in [1.54, 1.807) is 72.8 Å². The van der Waals surface area contributed by atoms with Gasteiger partial charge >= 0.3 is 23.9 Å². The molecule has 0 amide bonds. The van der Waals surface area contributed by atoms with Crippen molar-refractivity contribution in [3.63, 3.8) is 0 Å². The summed E-state index contributed by atoms with van der Waals surface area (Å²) in [6.07, 6.45) is 1.03. The lowest BCUT2D eigenvalue weighted by molar-refractivity contribution is -0.145. The summed E-state index contributed by atoms with van der Waals surface area (Å²) in [5.41, 5.74) is 0.795. The normalized spacial score (nSPS) is 10.5. The van der Waals surface area contributed by atoms with E-state index >= 15 is 0 Å². The number of hydrogen-bond donors (Lipinski definition) is 0. The van der Waals surface area contributed by atoms with Crippen LogP contribution < -0.4 is 18.9 Å². The van der Waals surface area contributed by atoms with Gasteiger partial charge in [-0.2, -0.15) is 0 Å². The minimum absolute atomic E-state index is 0.00145. The summed E-state index contributed by atoms with van der Waals surface area (Å²) in [5.74, 6) is -1.94. The van der Waals surface area contributed by atoms with Crippen molar-refractivity contribution in [2.75, 3.05) is 13.6 Å². The average molecular weight is 675 g/mol. The topological polar surface area (TPSA) is 141 Å². The average Bonchev–Trinajstić information content (AvgIpc) is 3.11. The number of hydrogen-bond acceptors (Lipinski definition) is 11. The zero-order chi connectivity index (χ0) is 35.8. The third-order valence-electron chi connectivity index (χ3n) is 7.20. The van der Waals surface area contributed by atoms with Gasteiger partial charge in [-0.15, -0.1) is 0 Å². The Balaban J connectivity index is 1.23. The number of ketones is 1. The molecule has 50 heavy (non-hydrogen) atoms. The fourth-order valence-corrected chi connectivity index (χ4v) is 4.63. The van der Waals surface area contributed by atoms with E-state index in [-0.39, 0.29) is 47.3 Å². The first kappa shape index (κ1) is 34.6. The van der Waals surface area contributed by atoms with Crippen molar-refractivity contribution in [2.24, 2.45) is 0 Å². The number of esters is 4. The van der Waals surface area contributed by atoms with E-state index < -0.39 is 29.7 Å². The van der Waals surface area contributed by atoms with E-state index in [0.717, 1.165) is 22.2 Å². The van der Waals surface area contributed by atoms with E-state index in [2.05, 4.69) is 13.2 Å². The van der Waals surface area contributed by atoms with Crippen molar-refractivity contribution in [2.45, 2.75) is 13.8 Å². The van der Waals surface area contributed by atoms with Gasteiger partial charge < -0.3 is 28.4 Å². The Hall–Kier alpha value is -6.75. The van der Waals surface area contributed by atoms with Crippen LogP contribution >= 0.6 is 0 Å². The lowest BCUT2D eigenvalue weighted by atomic mass is 10.1. The second-order valence-corrected chi connectivity index (χ2v) is 10.8. The highest BCUT2D eigenvalue weighted by Crippen LogP contribution is 2.29. The van der Waals surface area contributed by atoms with Crippen LogP contribution in [-0.4, -0.2) is 43.2 Å². The number of carbonyl (C=O) groups excluding carboxylic acids is 5. The minimum Gasteiger partial charge on any atom is -0.457 e. The molecular weight excluding hydrogens is 644 g/mol. The number of ether oxygens (including phenoxy) is 6. The fourth-order valence-electron chi connectivity index (χ4n) is 4.63. The summed E-state index contributed by atoms with van der Waals surface area (Å²) in [5, 5.41) is 2.97. The van der Waals surface area contributed by atoms with Gasteiger partial charge in [-0.1, -0.05) is 37.4 Å². The highest BCUT2D eigenvalue weighted by Gasteiger charge is 2.18. The number of rotatable bonds is 13. The SMILES string of the molecule is C=CC(=O)OCOc1ccc2cc(C(=O)Oc3ccc(OC(=O)c4ccc5cc(OCOC(=O)C(=C)C)ccc5c4)c(C(C)=O)c3)ccc2c1. The van der Waals surface area contributed by atoms with Gasteiger partial charge in [0.15, 0.2) is 5.78 Å². The van der Waals surface area contributed by atoms with Gasteiger partial charge in [-0.05, 0) is 102 Å². The molecule has 0 N–H and O–H groups in total. The minimum atomic E-state index is -0.700. The van der Waals surface area contributed by atoms with Crippen LogP contribution in [0.4, 0.5) is 0 Å². The molecule has 0 heterocycles. The van der Waals surface area contributed by atoms with Crippen LogP contribution in [-0.2, 0) is 19.1 Å². The van der Waals surface area contributed by atoms with Crippen molar-refractivity contribution in [1.82, 2.24) is 0 Å². The molecule has 0 aliphatic rings. The van der Waals surface area contributed by atoms with Crippen molar-refractivity contribution in [3.05, 3.63) is 132 Å². The van der Waals surface area contributed by atoms with Gasteiger partial charge in [0.2, 0.25) is 13.6 Å². The Morgan fingerprint density at radius 1 is 0.600 bits per heavy atom. The smallest absolute Gasteiger partial charge is 0.343 e. The van der Waals surface area contributed by atoms with Crippen molar-refractivity contribution in [3.8, 4) is 23.0 Å². The molecule has 5 rings (SSSR count). The molecule has 0 saturated carbocycles. The molecule has 0 spiro atoms. The van der Waals surface area contributed by atoms with E-state index in [0.29, 0.717) is 16.9 Å². The molecule has 0 aromatic heterocycles. The predicted octanol–water partition coefficient (Wildman–Crippen LogP) is 7.16. The molecule has 0 saturated heterocycles. The van der Waals surface area contributed by atoms with Crippen LogP contribution in [0, 0.1) is 0 Å². The van der Waals surface area contributed by atoms with Crippen LogP contribution in [0.5, 0.6) is 23.0 Å². The van der Waals surface area contributed by atoms with Crippen molar-refractivity contribution < 1.29 is 52.4 Å². The molecule has 0 aliphatic heterocycles. The molecule has 0 unspecified atom stereocenters. The Morgan fingerprint density at radius 3 is 1.64 bits per heavy atom. The number of Topliss-reactive ketones (excluding diaryl/α,β-unsaturated/α-hetero) is 1. The van der Waals surface area contributed by atoms with Crippen LogP contribution in [0.1, 0.15) is 44.9 Å². The Bertz CT molecular complexity index is 2180. The molecule has 252 valence electrons. The zero-order valence-electron chi connectivity index (χ0n) is 27.1. The maximum atomic E-state index is 13.1. The van der Waals surface area contributed by atoms with Gasteiger partial charge in [-0.25, -0.2) is 19.2 Å². The highest BCUT2D eigenvalue weighted by atomic mass is 16.7. The van der Waals surface area contributed by atoms with Crippen LogP contribution in [0.15, 0.2) is 116 Å². The molecule has 0 radical (unpaired) electrons. The number of carbonyl (C=O) groups is 5. The van der Waals surface area contributed by atoms with Crippen molar-refractivity contribution >= 4 is 51.2 Å². The predicted molar refractivity (Wildman–Crippen MR) is 182 cm³/mol. The maximum absolute atomic E-state index is 13.1.